The summed E-state index contributed by atoms with van der Waals surface area (Å²) in [6, 6.07) is 6.24. The van der Waals surface area contributed by atoms with Gasteiger partial charge in [-0.3, -0.25) is 4.79 Å². The minimum atomic E-state index is -0.00387. The molecule has 9 heteroatoms. The molecule has 3 aromatic heterocycles. The van der Waals surface area contributed by atoms with Gasteiger partial charge in [-0.1, -0.05) is 12.8 Å². The zero-order valence-corrected chi connectivity index (χ0v) is 18.1. The minimum absolute atomic E-state index is 0.00387. The number of aromatic nitrogens is 4. The Morgan fingerprint density at radius 2 is 2.03 bits per heavy atom. The lowest BCUT2D eigenvalue weighted by Crippen LogP contribution is -2.82. The van der Waals surface area contributed by atoms with Gasteiger partial charge in [-0.2, -0.15) is 4.98 Å². The van der Waals surface area contributed by atoms with Crippen LogP contribution in [0.4, 0.5) is 17.5 Å². The molecule has 1 aliphatic carbocycles. The molecule has 0 spiro atoms. The zero-order valence-electron chi connectivity index (χ0n) is 18.1. The molecule has 1 saturated carbocycles. The summed E-state index contributed by atoms with van der Waals surface area (Å²) in [6.07, 6.45) is 8.18. The number of pyridine rings is 1. The van der Waals surface area contributed by atoms with Gasteiger partial charge < -0.3 is 25.0 Å². The summed E-state index contributed by atoms with van der Waals surface area (Å²) >= 11 is 0. The van der Waals surface area contributed by atoms with Crippen LogP contribution in [0, 0.1) is 0 Å². The van der Waals surface area contributed by atoms with Crippen LogP contribution in [0.3, 0.4) is 0 Å². The van der Waals surface area contributed by atoms with Crippen LogP contribution in [0.25, 0.3) is 11.0 Å². The smallest absolute Gasteiger partial charge is 0.270 e. The Bertz CT molecular complexity index is 1080. The first-order valence-corrected chi connectivity index (χ1v) is 11.0. The monoisotopic (exact) mass is 421 g/mol. The van der Waals surface area contributed by atoms with Crippen LogP contribution in [0.2, 0.25) is 0 Å². The van der Waals surface area contributed by atoms with Crippen molar-refractivity contribution in [3.63, 3.8) is 0 Å². The van der Waals surface area contributed by atoms with Crippen LogP contribution in [0.1, 0.15) is 42.2 Å². The van der Waals surface area contributed by atoms with Crippen LogP contribution < -0.4 is 15.5 Å². The second kappa shape index (κ2) is 8.14. The molecule has 5 rings (SSSR count). The van der Waals surface area contributed by atoms with E-state index >= 15 is 0 Å². The second-order valence-electron chi connectivity index (χ2n) is 8.56. The highest BCUT2D eigenvalue weighted by Crippen LogP contribution is 2.34. The van der Waals surface area contributed by atoms with Crippen LogP contribution in [-0.2, 0) is 0 Å². The number of carbonyl (C=O) groups excluding carboxylic acids is 1. The summed E-state index contributed by atoms with van der Waals surface area (Å²) in [6.45, 7) is 3.13. The van der Waals surface area contributed by atoms with Gasteiger partial charge in [0.1, 0.15) is 17.2 Å². The van der Waals surface area contributed by atoms with Gasteiger partial charge in [0.25, 0.3) is 5.91 Å². The average Bonchev–Trinajstić information content (AvgIpc) is 3.53. The van der Waals surface area contributed by atoms with E-state index in [9.17, 15) is 4.79 Å². The van der Waals surface area contributed by atoms with E-state index in [0.717, 1.165) is 49.3 Å². The molecule has 2 aliphatic rings. The Labute approximate surface area is 181 Å². The Balaban J connectivity index is 1.46. The topological polar surface area (TPSA) is 95.8 Å². The van der Waals surface area contributed by atoms with Gasteiger partial charge in [-0.25, -0.2) is 9.97 Å². The van der Waals surface area contributed by atoms with Gasteiger partial charge in [-0.15, -0.1) is 0 Å². The highest BCUT2D eigenvalue weighted by Gasteiger charge is 2.26. The molecule has 3 aromatic rings. The van der Waals surface area contributed by atoms with E-state index in [1.165, 1.54) is 12.8 Å². The molecule has 0 atom stereocenters. The zero-order chi connectivity index (χ0) is 21.4. The number of nitrogens with two attached hydrogens (primary N) is 1. The number of hydrogen-bond acceptors (Lipinski definition) is 6. The lowest BCUT2D eigenvalue weighted by atomic mass is 10.2. The number of amides is 1. The van der Waals surface area contributed by atoms with Crippen LogP contribution in [-0.4, -0.2) is 64.2 Å². The van der Waals surface area contributed by atoms with Gasteiger partial charge in [-0.05, 0) is 31.0 Å². The minimum Gasteiger partial charge on any atom is -0.343 e. The van der Waals surface area contributed by atoms with Gasteiger partial charge in [0.05, 0.1) is 25.0 Å². The Hall–Kier alpha value is -3.20. The number of carbonyl (C=O) groups is 1. The van der Waals surface area contributed by atoms with Crippen molar-refractivity contribution in [1.29, 1.82) is 0 Å². The first kappa shape index (κ1) is 19.7. The van der Waals surface area contributed by atoms with E-state index in [4.69, 9.17) is 4.98 Å². The molecule has 3 N–H and O–H groups in total. The predicted octanol–water partition coefficient (Wildman–Crippen LogP) is 1.73. The van der Waals surface area contributed by atoms with Crippen molar-refractivity contribution in [2.45, 2.75) is 31.7 Å². The molecule has 0 radical (unpaired) electrons. The van der Waals surface area contributed by atoms with E-state index in [2.05, 4.69) is 36.1 Å². The molecule has 0 bridgehead atoms. The first-order valence-electron chi connectivity index (χ1n) is 11.0. The highest BCUT2D eigenvalue weighted by molar-refractivity contribution is 5.97. The fourth-order valence-electron chi connectivity index (χ4n) is 4.58. The molecule has 1 amide bonds. The SMILES string of the molecule is CN(C)C(=O)c1cc2cnc(Nc3ccc(N4CC[NH2+]C4)cn3)nc2n1C1CCCC1. The van der Waals surface area contributed by atoms with Crippen molar-refractivity contribution in [1.82, 2.24) is 24.4 Å². The summed E-state index contributed by atoms with van der Waals surface area (Å²) in [5.74, 6) is 1.19. The second-order valence-corrected chi connectivity index (χ2v) is 8.56. The first-order chi connectivity index (χ1) is 15.1. The Morgan fingerprint density at radius 1 is 1.19 bits per heavy atom. The Kier molecular flexibility index (Phi) is 5.19. The van der Waals surface area contributed by atoms with Crippen molar-refractivity contribution in [2.75, 3.05) is 44.1 Å². The van der Waals surface area contributed by atoms with Crippen molar-refractivity contribution < 1.29 is 10.1 Å². The molecule has 1 aliphatic heterocycles. The molecule has 4 heterocycles. The number of anilines is 3. The summed E-state index contributed by atoms with van der Waals surface area (Å²) in [5.41, 5.74) is 2.61. The molecular formula is C22H29N8O+. The van der Waals surface area contributed by atoms with Crippen LogP contribution in [0.5, 0.6) is 0 Å². The van der Waals surface area contributed by atoms with Crippen molar-refractivity contribution in [3.05, 3.63) is 36.3 Å². The summed E-state index contributed by atoms with van der Waals surface area (Å²) in [4.78, 5) is 30.6. The van der Waals surface area contributed by atoms with Crippen molar-refractivity contribution in [2.24, 2.45) is 0 Å². The van der Waals surface area contributed by atoms with E-state index in [1.54, 1.807) is 25.2 Å². The number of rotatable bonds is 5. The lowest BCUT2D eigenvalue weighted by Gasteiger charge is -2.19. The molecule has 162 valence electrons. The van der Waals surface area contributed by atoms with E-state index in [0.29, 0.717) is 23.5 Å². The molecule has 31 heavy (non-hydrogen) atoms. The molecule has 2 fully saturated rings. The third kappa shape index (κ3) is 3.81. The normalized spacial score (nSPS) is 16.9. The number of hydrogen-bond donors (Lipinski definition) is 2. The molecular weight excluding hydrogens is 392 g/mol. The molecule has 0 unspecified atom stereocenters. The van der Waals surface area contributed by atoms with Gasteiger partial charge >= 0.3 is 0 Å². The molecule has 1 saturated heterocycles. The van der Waals surface area contributed by atoms with Gasteiger partial charge in [0, 0.05) is 31.7 Å². The number of fused-ring (bicyclic) bond motifs is 1. The Morgan fingerprint density at radius 3 is 2.71 bits per heavy atom. The summed E-state index contributed by atoms with van der Waals surface area (Å²) in [5, 5.41) is 6.39. The maximum atomic E-state index is 12.8. The maximum Gasteiger partial charge on any atom is 0.270 e. The van der Waals surface area contributed by atoms with Crippen molar-refractivity contribution >= 4 is 34.4 Å². The van der Waals surface area contributed by atoms with Crippen LogP contribution in [0.15, 0.2) is 30.6 Å². The molecule has 9 nitrogen and oxygen atoms in total. The van der Waals surface area contributed by atoms with E-state index in [-0.39, 0.29) is 5.91 Å². The fourth-order valence-corrected chi connectivity index (χ4v) is 4.58. The lowest BCUT2D eigenvalue weighted by molar-refractivity contribution is -0.634. The van der Waals surface area contributed by atoms with Crippen LogP contribution >= 0.6 is 0 Å². The van der Waals surface area contributed by atoms with E-state index < -0.39 is 0 Å². The van der Waals surface area contributed by atoms with E-state index in [1.807, 2.05) is 18.3 Å². The third-order valence-electron chi connectivity index (χ3n) is 6.20. The number of nitrogens with zero attached hydrogens (tertiary/aromatic N) is 6. The summed E-state index contributed by atoms with van der Waals surface area (Å²) in [7, 11) is 3.57. The van der Waals surface area contributed by atoms with Gasteiger partial charge in [0.2, 0.25) is 5.95 Å². The fraction of sp³-hybridized carbons (Fsp3) is 0.455. The standard InChI is InChI=1S/C22H28N8O/c1-28(2)21(31)18-11-15-12-25-22(27-20(15)30(18)16-5-3-4-6-16)26-19-8-7-17(13-24-19)29-10-9-23-14-29/h7-8,11-13,16,23H,3-6,9-10,14H2,1-2H3,(H,24,25,26,27)/p+1. The quantitative estimate of drug-likeness (QED) is 0.651. The number of quaternary nitrogens is 1. The summed E-state index contributed by atoms with van der Waals surface area (Å²) < 4.78 is 2.12. The highest BCUT2D eigenvalue weighted by atomic mass is 16.2. The maximum absolute atomic E-state index is 12.8. The largest absolute Gasteiger partial charge is 0.343 e. The predicted molar refractivity (Wildman–Crippen MR) is 120 cm³/mol. The molecule has 0 aromatic carbocycles. The van der Waals surface area contributed by atoms with Gasteiger partial charge in [0.15, 0.2) is 6.67 Å². The number of nitrogens with one attached hydrogen (secondary N) is 1. The third-order valence-corrected chi connectivity index (χ3v) is 6.20. The van der Waals surface area contributed by atoms with Crippen molar-refractivity contribution in [3.8, 4) is 0 Å². The average molecular weight is 422 g/mol.